The van der Waals surface area contributed by atoms with Crippen LogP contribution >= 0.6 is 0 Å². The fourth-order valence-corrected chi connectivity index (χ4v) is 3.93. The first-order valence-electron chi connectivity index (χ1n) is 10.7. The van der Waals surface area contributed by atoms with Crippen molar-refractivity contribution >= 4 is 11.8 Å². The van der Waals surface area contributed by atoms with Gasteiger partial charge in [-0.15, -0.1) is 0 Å². The quantitative estimate of drug-likeness (QED) is 0.602. The molecule has 1 aliphatic rings. The SMILES string of the molecule is COCc1ccc(C(=O)N2CCC[C@@H](CN(C(=O)c3ccc(COC)o3)C(C)C)C2)o1. The van der Waals surface area contributed by atoms with E-state index >= 15 is 0 Å². The fraction of sp³-hybridized carbons (Fsp3) is 0.565. The summed E-state index contributed by atoms with van der Waals surface area (Å²) in [5, 5.41) is 0. The summed E-state index contributed by atoms with van der Waals surface area (Å²) in [4.78, 5) is 29.6. The monoisotopic (exact) mass is 432 g/mol. The molecule has 8 nitrogen and oxygen atoms in total. The van der Waals surface area contributed by atoms with Crippen molar-refractivity contribution in [2.45, 2.75) is 45.9 Å². The molecule has 0 saturated carbocycles. The van der Waals surface area contributed by atoms with Gasteiger partial charge in [-0.25, -0.2) is 0 Å². The third kappa shape index (κ3) is 5.77. The number of nitrogens with zero attached hydrogens (tertiary/aromatic N) is 2. The van der Waals surface area contributed by atoms with Crippen LogP contribution in [0.5, 0.6) is 0 Å². The first-order valence-corrected chi connectivity index (χ1v) is 10.7. The van der Waals surface area contributed by atoms with Crippen LogP contribution in [0.25, 0.3) is 0 Å². The first kappa shape index (κ1) is 23.1. The van der Waals surface area contributed by atoms with Gasteiger partial charge in [-0.1, -0.05) is 0 Å². The summed E-state index contributed by atoms with van der Waals surface area (Å²) in [5.41, 5.74) is 0. The van der Waals surface area contributed by atoms with Gasteiger partial charge in [0.15, 0.2) is 11.5 Å². The summed E-state index contributed by atoms with van der Waals surface area (Å²) >= 11 is 0. The van der Waals surface area contributed by atoms with E-state index in [1.165, 1.54) is 0 Å². The standard InChI is InChI=1S/C23H32N2O6/c1-16(2)25(23(27)21-10-8-19(31-21)15-29-4)13-17-6-5-11-24(12-17)22(26)20-9-7-18(30-20)14-28-3/h7-10,16-17H,5-6,11-15H2,1-4H3/t17-/m1/s1. The highest BCUT2D eigenvalue weighted by Gasteiger charge is 2.30. The molecule has 1 fully saturated rings. The fourth-order valence-electron chi connectivity index (χ4n) is 3.93. The van der Waals surface area contributed by atoms with E-state index in [4.69, 9.17) is 18.3 Å². The Balaban J connectivity index is 1.64. The van der Waals surface area contributed by atoms with Crippen LogP contribution in [-0.2, 0) is 22.7 Å². The van der Waals surface area contributed by atoms with E-state index < -0.39 is 0 Å². The van der Waals surface area contributed by atoms with Gasteiger partial charge in [0, 0.05) is 39.9 Å². The van der Waals surface area contributed by atoms with Crippen LogP contribution in [0.2, 0.25) is 0 Å². The van der Waals surface area contributed by atoms with E-state index in [-0.39, 0.29) is 23.8 Å². The molecule has 1 saturated heterocycles. The van der Waals surface area contributed by atoms with Crippen LogP contribution in [0.15, 0.2) is 33.1 Å². The highest BCUT2D eigenvalue weighted by molar-refractivity contribution is 5.92. The van der Waals surface area contributed by atoms with Crippen LogP contribution in [0, 0.1) is 5.92 Å². The number of carbonyl (C=O) groups is 2. The maximum absolute atomic E-state index is 13.1. The molecule has 1 aliphatic heterocycles. The number of likely N-dealkylation sites (tertiary alicyclic amines) is 1. The van der Waals surface area contributed by atoms with Gasteiger partial charge in [0.1, 0.15) is 24.7 Å². The Kier molecular flexibility index (Phi) is 7.92. The summed E-state index contributed by atoms with van der Waals surface area (Å²) in [7, 11) is 3.17. The lowest BCUT2D eigenvalue weighted by atomic mass is 9.96. The van der Waals surface area contributed by atoms with E-state index in [9.17, 15) is 9.59 Å². The average molecular weight is 433 g/mol. The van der Waals surface area contributed by atoms with E-state index in [1.807, 2.05) is 23.6 Å². The second kappa shape index (κ2) is 10.6. The Hall–Kier alpha value is -2.58. The number of carbonyl (C=O) groups excluding carboxylic acids is 2. The molecule has 2 aromatic heterocycles. The molecule has 2 amide bonds. The number of rotatable bonds is 9. The van der Waals surface area contributed by atoms with Crippen molar-refractivity contribution in [2.75, 3.05) is 33.9 Å². The number of methoxy groups -OCH3 is 2. The molecule has 0 N–H and O–H groups in total. The molecule has 0 aromatic carbocycles. The predicted octanol–water partition coefficient (Wildman–Crippen LogP) is 3.57. The number of amides is 2. The van der Waals surface area contributed by atoms with Crippen molar-refractivity contribution in [3.8, 4) is 0 Å². The molecule has 1 atom stereocenters. The summed E-state index contributed by atoms with van der Waals surface area (Å²) in [6, 6.07) is 6.92. The van der Waals surface area contributed by atoms with E-state index in [2.05, 4.69) is 0 Å². The predicted molar refractivity (Wildman–Crippen MR) is 114 cm³/mol. The molecule has 0 bridgehead atoms. The van der Waals surface area contributed by atoms with Crippen molar-refractivity contribution in [2.24, 2.45) is 5.92 Å². The molecular formula is C23H32N2O6. The Labute approximate surface area is 183 Å². The minimum Gasteiger partial charge on any atom is -0.453 e. The van der Waals surface area contributed by atoms with Crippen molar-refractivity contribution < 1.29 is 27.9 Å². The summed E-state index contributed by atoms with van der Waals surface area (Å²) < 4.78 is 21.4. The number of hydrogen-bond donors (Lipinski definition) is 0. The third-order valence-corrected chi connectivity index (χ3v) is 5.46. The number of piperidine rings is 1. The second-order valence-corrected chi connectivity index (χ2v) is 8.21. The van der Waals surface area contributed by atoms with E-state index in [0.29, 0.717) is 55.9 Å². The zero-order valence-electron chi connectivity index (χ0n) is 18.8. The highest BCUT2D eigenvalue weighted by atomic mass is 16.5. The molecular weight excluding hydrogens is 400 g/mol. The van der Waals surface area contributed by atoms with Gasteiger partial charge in [0.05, 0.1) is 0 Å². The zero-order valence-corrected chi connectivity index (χ0v) is 18.8. The van der Waals surface area contributed by atoms with Gasteiger partial charge < -0.3 is 28.1 Å². The zero-order chi connectivity index (χ0) is 22.4. The number of hydrogen-bond acceptors (Lipinski definition) is 6. The summed E-state index contributed by atoms with van der Waals surface area (Å²) in [6.45, 7) is 6.47. The lowest BCUT2D eigenvalue weighted by Gasteiger charge is -2.36. The minimum absolute atomic E-state index is 0.0104. The summed E-state index contributed by atoms with van der Waals surface area (Å²) in [6.07, 6.45) is 1.85. The molecule has 170 valence electrons. The maximum atomic E-state index is 13.1. The summed E-state index contributed by atoms with van der Waals surface area (Å²) in [5.74, 6) is 1.81. The lowest BCUT2D eigenvalue weighted by Crippen LogP contribution is -2.46. The molecule has 0 unspecified atom stereocenters. The van der Waals surface area contributed by atoms with Crippen molar-refractivity contribution in [1.82, 2.24) is 9.80 Å². The molecule has 0 radical (unpaired) electrons. The topological polar surface area (TPSA) is 85.4 Å². The van der Waals surface area contributed by atoms with Crippen LogP contribution in [-0.4, -0.2) is 61.5 Å². The minimum atomic E-state index is -0.143. The molecule has 2 aromatic rings. The van der Waals surface area contributed by atoms with Crippen molar-refractivity contribution in [3.63, 3.8) is 0 Å². The van der Waals surface area contributed by atoms with Crippen molar-refractivity contribution in [1.29, 1.82) is 0 Å². The van der Waals surface area contributed by atoms with Gasteiger partial charge in [-0.2, -0.15) is 0 Å². The van der Waals surface area contributed by atoms with Crippen molar-refractivity contribution in [3.05, 3.63) is 47.3 Å². The van der Waals surface area contributed by atoms with E-state index in [0.717, 1.165) is 12.8 Å². The van der Waals surface area contributed by atoms with Gasteiger partial charge in [-0.3, -0.25) is 9.59 Å². The van der Waals surface area contributed by atoms with E-state index in [1.54, 1.807) is 38.5 Å². The number of furan rings is 2. The Morgan fingerprint density at radius 3 is 2.29 bits per heavy atom. The normalized spacial score (nSPS) is 16.7. The first-order chi connectivity index (χ1) is 14.9. The van der Waals surface area contributed by atoms with Gasteiger partial charge in [-0.05, 0) is 56.9 Å². The van der Waals surface area contributed by atoms with Crippen LogP contribution in [0.3, 0.4) is 0 Å². The third-order valence-electron chi connectivity index (χ3n) is 5.46. The smallest absolute Gasteiger partial charge is 0.289 e. The largest absolute Gasteiger partial charge is 0.453 e. The van der Waals surface area contributed by atoms with Crippen LogP contribution in [0.1, 0.15) is 59.3 Å². The van der Waals surface area contributed by atoms with Crippen LogP contribution < -0.4 is 0 Å². The molecule has 3 rings (SSSR count). The Bertz CT molecular complexity index is 871. The molecule has 0 aliphatic carbocycles. The average Bonchev–Trinajstić information content (AvgIpc) is 3.41. The molecule has 0 spiro atoms. The molecule has 31 heavy (non-hydrogen) atoms. The number of ether oxygens (including phenoxy) is 2. The Morgan fingerprint density at radius 1 is 1.06 bits per heavy atom. The Morgan fingerprint density at radius 2 is 1.68 bits per heavy atom. The second-order valence-electron chi connectivity index (χ2n) is 8.21. The van der Waals surface area contributed by atoms with Gasteiger partial charge in [0.25, 0.3) is 11.8 Å². The molecule has 3 heterocycles. The van der Waals surface area contributed by atoms with Gasteiger partial charge in [0.2, 0.25) is 0 Å². The highest BCUT2D eigenvalue weighted by Crippen LogP contribution is 2.23. The maximum Gasteiger partial charge on any atom is 0.289 e. The lowest BCUT2D eigenvalue weighted by molar-refractivity contribution is 0.0516. The molecule has 8 heteroatoms. The van der Waals surface area contributed by atoms with Gasteiger partial charge >= 0.3 is 0 Å². The van der Waals surface area contributed by atoms with Crippen LogP contribution in [0.4, 0.5) is 0 Å².